The Morgan fingerprint density at radius 3 is 2.26 bits per heavy atom. The number of benzene rings is 1. The lowest BCUT2D eigenvalue weighted by molar-refractivity contribution is -0.192. The summed E-state index contributed by atoms with van der Waals surface area (Å²) in [6.07, 6.45) is -1.48. The number of aliphatic carboxylic acids is 1. The van der Waals surface area contributed by atoms with Gasteiger partial charge in [0.2, 0.25) is 0 Å². The van der Waals surface area contributed by atoms with Gasteiger partial charge in [-0.1, -0.05) is 6.07 Å². The van der Waals surface area contributed by atoms with Crippen molar-refractivity contribution in [3.05, 3.63) is 45.4 Å². The predicted molar refractivity (Wildman–Crippen MR) is 117 cm³/mol. The second-order valence-corrected chi connectivity index (χ2v) is 8.80. The number of hydrogen-bond acceptors (Lipinski definition) is 6. The molecule has 0 bridgehead atoms. The third kappa shape index (κ3) is 6.25. The fourth-order valence-corrected chi connectivity index (χ4v) is 4.72. The van der Waals surface area contributed by atoms with Crippen LogP contribution in [0.1, 0.15) is 43.6 Å². The zero-order valence-corrected chi connectivity index (χ0v) is 19.2. The molecular formula is C22H24F3N3O5S. The number of carbonyl (C=O) groups is 3. The van der Waals surface area contributed by atoms with E-state index in [1.807, 2.05) is 28.0 Å². The van der Waals surface area contributed by atoms with Crippen LogP contribution in [-0.2, 0) is 17.6 Å². The van der Waals surface area contributed by atoms with Gasteiger partial charge in [0, 0.05) is 49.5 Å². The van der Waals surface area contributed by atoms with Crippen LogP contribution in [0.4, 0.5) is 13.2 Å². The number of alkyl halides is 3. The Hall–Kier alpha value is -3.15. The normalized spacial score (nSPS) is 15.6. The van der Waals surface area contributed by atoms with E-state index in [9.17, 15) is 22.8 Å². The number of likely N-dealkylation sites (tertiary alicyclic amines) is 1. The van der Waals surface area contributed by atoms with Crippen molar-refractivity contribution in [1.29, 1.82) is 0 Å². The van der Waals surface area contributed by atoms with Gasteiger partial charge in [0.1, 0.15) is 5.75 Å². The summed E-state index contributed by atoms with van der Waals surface area (Å²) in [6, 6.07) is 7.25. The molecule has 1 aromatic heterocycles. The van der Waals surface area contributed by atoms with E-state index < -0.39 is 12.1 Å². The van der Waals surface area contributed by atoms with Gasteiger partial charge in [0.25, 0.3) is 11.8 Å². The molecule has 0 unspecified atom stereocenters. The summed E-state index contributed by atoms with van der Waals surface area (Å²) in [5, 5.41) is 7.73. The van der Waals surface area contributed by atoms with Gasteiger partial charge in [0.15, 0.2) is 5.01 Å². The molecule has 0 atom stereocenters. The quantitative estimate of drug-likeness (QED) is 0.696. The largest absolute Gasteiger partial charge is 0.497 e. The monoisotopic (exact) mass is 499 g/mol. The average Bonchev–Trinajstić information content (AvgIpc) is 3.45. The number of nitrogens with zero attached hydrogens (tertiary/aromatic N) is 3. The fourth-order valence-electron chi connectivity index (χ4n) is 3.65. The number of carbonyl (C=O) groups excluding carboxylic acids is 2. The number of halogens is 3. The van der Waals surface area contributed by atoms with E-state index in [4.69, 9.17) is 14.6 Å². The molecule has 0 spiro atoms. The second-order valence-electron chi connectivity index (χ2n) is 7.72. The molecule has 4 rings (SSSR count). The van der Waals surface area contributed by atoms with Crippen LogP contribution in [0.2, 0.25) is 0 Å². The number of fused-ring (bicyclic) bond motifs is 1. The van der Waals surface area contributed by atoms with Crippen molar-refractivity contribution in [3.8, 4) is 5.75 Å². The molecule has 0 saturated carbocycles. The van der Waals surface area contributed by atoms with Crippen molar-refractivity contribution in [2.75, 3.05) is 33.3 Å². The number of rotatable bonds is 3. The van der Waals surface area contributed by atoms with E-state index in [0.29, 0.717) is 35.8 Å². The molecule has 2 aromatic rings. The molecule has 1 saturated heterocycles. The molecule has 184 valence electrons. The van der Waals surface area contributed by atoms with Crippen LogP contribution in [0, 0.1) is 0 Å². The van der Waals surface area contributed by atoms with Gasteiger partial charge in [-0.05, 0) is 31.0 Å². The van der Waals surface area contributed by atoms with E-state index in [2.05, 4.69) is 4.98 Å². The van der Waals surface area contributed by atoms with Crippen molar-refractivity contribution in [2.45, 2.75) is 31.9 Å². The van der Waals surface area contributed by atoms with Crippen LogP contribution in [0.25, 0.3) is 0 Å². The Labute approximate surface area is 197 Å². The number of carboxylic acid groups (broad SMARTS) is 1. The highest BCUT2D eigenvalue weighted by molar-refractivity contribution is 7.13. The number of hydrogen-bond donors (Lipinski definition) is 1. The van der Waals surface area contributed by atoms with Gasteiger partial charge in [-0.25, -0.2) is 9.78 Å². The van der Waals surface area contributed by atoms with E-state index >= 15 is 0 Å². The van der Waals surface area contributed by atoms with Gasteiger partial charge in [-0.3, -0.25) is 9.59 Å². The number of amides is 2. The number of thiazole rings is 1. The Morgan fingerprint density at radius 1 is 1.03 bits per heavy atom. The highest BCUT2D eigenvalue weighted by Gasteiger charge is 2.38. The predicted octanol–water partition coefficient (Wildman–Crippen LogP) is 3.26. The Bertz CT molecular complexity index is 1030. The molecule has 34 heavy (non-hydrogen) atoms. The van der Waals surface area contributed by atoms with Gasteiger partial charge in [-0.2, -0.15) is 13.2 Å². The van der Waals surface area contributed by atoms with Crippen molar-refractivity contribution >= 4 is 29.1 Å². The molecule has 0 radical (unpaired) electrons. The Morgan fingerprint density at radius 2 is 1.65 bits per heavy atom. The molecule has 1 fully saturated rings. The van der Waals surface area contributed by atoms with Gasteiger partial charge in [-0.15, -0.1) is 11.3 Å². The Kier molecular flexibility index (Phi) is 8.13. The summed E-state index contributed by atoms with van der Waals surface area (Å²) in [7, 11) is 1.60. The van der Waals surface area contributed by atoms with Crippen LogP contribution < -0.4 is 4.74 Å². The smallest absolute Gasteiger partial charge is 0.490 e. The summed E-state index contributed by atoms with van der Waals surface area (Å²) >= 11 is 1.50. The van der Waals surface area contributed by atoms with Gasteiger partial charge >= 0.3 is 12.1 Å². The highest BCUT2D eigenvalue weighted by Crippen LogP contribution is 2.26. The van der Waals surface area contributed by atoms with Crippen LogP contribution in [0.5, 0.6) is 5.75 Å². The maximum Gasteiger partial charge on any atom is 0.490 e. The topological polar surface area (TPSA) is 100 Å². The summed E-state index contributed by atoms with van der Waals surface area (Å²) < 4.78 is 37.0. The second kappa shape index (κ2) is 10.9. The lowest BCUT2D eigenvalue weighted by Crippen LogP contribution is -2.33. The van der Waals surface area contributed by atoms with E-state index in [1.54, 1.807) is 13.2 Å². The minimum absolute atomic E-state index is 0.0115. The first-order valence-corrected chi connectivity index (χ1v) is 11.4. The van der Waals surface area contributed by atoms with Gasteiger partial charge in [0.05, 0.1) is 12.8 Å². The van der Waals surface area contributed by atoms with Crippen molar-refractivity contribution in [1.82, 2.24) is 14.8 Å². The first-order valence-electron chi connectivity index (χ1n) is 10.6. The lowest BCUT2D eigenvalue weighted by atomic mass is 10.2. The van der Waals surface area contributed by atoms with Crippen molar-refractivity contribution < 1.29 is 37.4 Å². The van der Waals surface area contributed by atoms with E-state index in [1.165, 1.54) is 11.3 Å². The highest BCUT2D eigenvalue weighted by atomic mass is 32.1. The summed E-state index contributed by atoms with van der Waals surface area (Å²) in [5.41, 5.74) is 1.61. The Balaban J connectivity index is 0.000000406. The molecule has 2 aliphatic rings. The number of carboxylic acids is 1. The van der Waals surface area contributed by atoms with Crippen LogP contribution in [0.15, 0.2) is 24.3 Å². The summed E-state index contributed by atoms with van der Waals surface area (Å²) in [6.45, 7) is 2.94. The SMILES string of the molecule is COc1cccc(C(=O)N2CCc3nc(C(=O)N4CCCC4)sc3CC2)c1.O=C(O)C(F)(F)F. The molecule has 2 amide bonds. The molecule has 12 heteroatoms. The molecule has 0 aliphatic carbocycles. The molecule has 3 heterocycles. The first-order chi connectivity index (χ1) is 16.1. The van der Waals surface area contributed by atoms with E-state index in [-0.39, 0.29) is 11.8 Å². The molecular weight excluding hydrogens is 475 g/mol. The first kappa shape index (κ1) is 25.5. The van der Waals surface area contributed by atoms with E-state index in [0.717, 1.165) is 42.9 Å². The average molecular weight is 500 g/mol. The molecule has 2 aliphatic heterocycles. The summed E-state index contributed by atoms with van der Waals surface area (Å²) in [4.78, 5) is 43.8. The number of aromatic nitrogens is 1. The minimum Gasteiger partial charge on any atom is -0.497 e. The number of methoxy groups -OCH3 is 1. The molecule has 1 N–H and O–H groups in total. The van der Waals surface area contributed by atoms with Crippen molar-refractivity contribution in [3.63, 3.8) is 0 Å². The van der Waals surface area contributed by atoms with Crippen LogP contribution in [-0.4, -0.2) is 77.1 Å². The van der Waals surface area contributed by atoms with Gasteiger partial charge < -0.3 is 19.6 Å². The third-order valence-corrected chi connectivity index (χ3v) is 6.57. The van der Waals surface area contributed by atoms with Crippen LogP contribution >= 0.6 is 11.3 Å². The fraction of sp³-hybridized carbons (Fsp3) is 0.455. The van der Waals surface area contributed by atoms with Crippen molar-refractivity contribution in [2.24, 2.45) is 0 Å². The van der Waals surface area contributed by atoms with Crippen LogP contribution in [0.3, 0.4) is 0 Å². The maximum absolute atomic E-state index is 12.8. The summed E-state index contributed by atoms with van der Waals surface area (Å²) in [5.74, 6) is -2.00. The minimum atomic E-state index is -5.08. The third-order valence-electron chi connectivity index (χ3n) is 5.43. The number of ether oxygens (including phenoxy) is 1. The standard InChI is InChI=1S/C20H23N3O3S.C2HF3O2/c1-26-15-6-4-5-14(13-15)19(24)23-11-7-16-17(8-12-23)27-18(21-16)20(25)22-9-2-3-10-22;3-2(4,5)1(6)7/h4-6,13H,2-3,7-12H2,1H3;(H,6,7). The zero-order chi connectivity index (χ0) is 24.9. The lowest BCUT2D eigenvalue weighted by Gasteiger charge is -2.20. The zero-order valence-electron chi connectivity index (χ0n) is 18.4. The molecule has 1 aromatic carbocycles. The maximum atomic E-state index is 12.8. The molecule has 8 nitrogen and oxygen atoms in total.